The van der Waals surface area contributed by atoms with E-state index in [2.05, 4.69) is 49.9 Å². The van der Waals surface area contributed by atoms with Crippen molar-refractivity contribution in [3.63, 3.8) is 0 Å². The first kappa shape index (κ1) is 21.3. The number of hydrogen-bond donors (Lipinski definition) is 1. The van der Waals surface area contributed by atoms with Crippen molar-refractivity contribution in [2.75, 3.05) is 19.7 Å². The van der Waals surface area contributed by atoms with E-state index in [0.29, 0.717) is 18.3 Å². The highest BCUT2D eigenvalue weighted by Gasteiger charge is 2.12. The molecule has 0 saturated heterocycles. The summed E-state index contributed by atoms with van der Waals surface area (Å²) in [5, 5.41) is 9.93. The quantitative estimate of drug-likeness (QED) is 0.704. The molecule has 0 heterocycles. The molecule has 0 spiro atoms. The number of halogens is 1. The van der Waals surface area contributed by atoms with Crippen LogP contribution in [0.5, 0.6) is 11.5 Å². The normalized spacial score (nSPS) is 10.8. The van der Waals surface area contributed by atoms with Gasteiger partial charge in [0.05, 0.1) is 0 Å². The SMILES string of the molecule is CCN(CCOc1cc(C)c(O)cc1C(C)C)Cc1ccccc1.Cl. The lowest BCUT2D eigenvalue weighted by Crippen LogP contribution is -2.28. The highest BCUT2D eigenvalue weighted by atomic mass is 35.5. The van der Waals surface area contributed by atoms with Crippen LogP contribution in [0.4, 0.5) is 0 Å². The van der Waals surface area contributed by atoms with Crippen molar-refractivity contribution < 1.29 is 9.84 Å². The number of aryl methyl sites for hydroxylation is 1. The topological polar surface area (TPSA) is 32.7 Å². The second-order valence-electron chi connectivity index (χ2n) is 6.53. The Bertz CT molecular complexity index is 644. The summed E-state index contributed by atoms with van der Waals surface area (Å²) in [6.07, 6.45) is 0. The van der Waals surface area contributed by atoms with Gasteiger partial charge in [0.1, 0.15) is 18.1 Å². The predicted octanol–water partition coefficient (Wildman–Crippen LogP) is 5.15. The van der Waals surface area contributed by atoms with Crippen LogP contribution in [-0.4, -0.2) is 29.7 Å². The van der Waals surface area contributed by atoms with Crippen LogP contribution in [0.1, 0.15) is 43.4 Å². The molecular weight excluding hydrogens is 334 g/mol. The van der Waals surface area contributed by atoms with Crippen LogP contribution in [0.25, 0.3) is 0 Å². The van der Waals surface area contributed by atoms with E-state index in [4.69, 9.17) is 4.74 Å². The molecule has 0 atom stereocenters. The van der Waals surface area contributed by atoms with Gasteiger partial charge in [-0.1, -0.05) is 51.1 Å². The van der Waals surface area contributed by atoms with Crippen LogP contribution >= 0.6 is 12.4 Å². The minimum Gasteiger partial charge on any atom is -0.508 e. The molecule has 4 heteroatoms. The first-order chi connectivity index (χ1) is 11.5. The highest BCUT2D eigenvalue weighted by Crippen LogP contribution is 2.32. The number of rotatable bonds is 8. The van der Waals surface area contributed by atoms with Crippen LogP contribution in [0.15, 0.2) is 42.5 Å². The van der Waals surface area contributed by atoms with Crippen molar-refractivity contribution in [2.24, 2.45) is 0 Å². The maximum absolute atomic E-state index is 9.93. The van der Waals surface area contributed by atoms with Crippen molar-refractivity contribution in [3.05, 3.63) is 59.2 Å². The van der Waals surface area contributed by atoms with Gasteiger partial charge in [0, 0.05) is 18.7 Å². The van der Waals surface area contributed by atoms with E-state index in [1.165, 1.54) is 5.56 Å². The molecule has 0 saturated carbocycles. The van der Waals surface area contributed by atoms with Crippen LogP contribution in [0.2, 0.25) is 0 Å². The minimum absolute atomic E-state index is 0. The maximum atomic E-state index is 9.93. The Morgan fingerprint density at radius 2 is 1.80 bits per heavy atom. The van der Waals surface area contributed by atoms with Gasteiger partial charge in [0.2, 0.25) is 0 Å². The van der Waals surface area contributed by atoms with Crippen molar-refractivity contribution >= 4 is 12.4 Å². The van der Waals surface area contributed by atoms with Gasteiger partial charge in [0.25, 0.3) is 0 Å². The van der Waals surface area contributed by atoms with Gasteiger partial charge in [-0.25, -0.2) is 0 Å². The number of benzene rings is 2. The average Bonchev–Trinajstić information content (AvgIpc) is 2.57. The molecule has 1 N–H and O–H groups in total. The summed E-state index contributed by atoms with van der Waals surface area (Å²) < 4.78 is 6.05. The van der Waals surface area contributed by atoms with E-state index in [0.717, 1.165) is 36.5 Å². The zero-order chi connectivity index (χ0) is 17.5. The molecule has 0 unspecified atom stereocenters. The van der Waals surface area contributed by atoms with Crippen LogP contribution in [-0.2, 0) is 6.54 Å². The fraction of sp³-hybridized carbons (Fsp3) is 0.429. The summed E-state index contributed by atoms with van der Waals surface area (Å²) in [7, 11) is 0. The van der Waals surface area contributed by atoms with Gasteiger partial charge in [-0.05, 0) is 42.6 Å². The number of phenolic OH excluding ortho intramolecular Hbond substituents is 1. The Morgan fingerprint density at radius 3 is 2.40 bits per heavy atom. The molecule has 25 heavy (non-hydrogen) atoms. The van der Waals surface area contributed by atoms with Crippen molar-refractivity contribution in [1.82, 2.24) is 4.90 Å². The molecular formula is C21H30ClNO2. The van der Waals surface area contributed by atoms with Crippen molar-refractivity contribution in [2.45, 2.75) is 40.2 Å². The molecule has 2 aromatic rings. The summed E-state index contributed by atoms with van der Waals surface area (Å²) in [5.41, 5.74) is 3.23. The van der Waals surface area contributed by atoms with Crippen molar-refractivity contribution in [1.29, 1.82) is 0 Å². The van der Waals surface area contributed by atoms with E-state index in [1.54, 1.807) is 0 Å². The molecule has 0 aliphatic heterocycles. The Morgan fingerprint density at radius 1 is 1.12 bits per heavy atom. The second kappa shape index (κ2) is 10.3. The lowest BCUT2D eigenvalue weighted by Gasteiger charge is -2.22. The average molecular weight is 364 g/mol. The lowest BCUT2D eigenvalue weighted by molar-refractivity contribution is 0.208. The fourth-order valence-corrected chi connectivity index (χ4v) is 2.74. The molecule has 2 rings (SSSR count). The molecule has 2 aromatic carbocycles. The van der Waals surface area contributed by atoms with E-state index in [1.807, 2.05) is 25.1 Å². The zero-order valence-corrected chi connectivity index (χ0v) is 16.5. The Hall–Kier alpha value is -1.71. The summed E-state index contributed by atoms with van der Waals surface area (Å²) >= 11 is 0. The second-order valence-corrected chi connectivity index (χ2v) is 6.53. The first-order valence-corrected chi connectivity index (χ1v) is 8.73. The van der Waals surface area contributed by atoms with Gasteiger partial charge < -0.3 is 9.84 Å². The predicted molar refractivity (Wildman–Crippen MR) is 107 cm³/mol. The van der Waals surface area contributed by atoms with Gasteiger partial charge >= 0.3 is 0 Å². The molecule has 0 fully saturated rings. The zero-order valence-electron chi connectivity index (χ0n) is 15.7. The molecule has 0 amide bonds. The van der Waals surface area contributed by atoms with Gasteiger partial charge in [0.15, 0.2) is 0 Å². The molecule has 0 radical (unpaired) electrons. The van der Waals surface area contributed by atoms with E-state index in [-0.39, 0.29) is 12.4 Å². The summed E-state index contributed by atoms with van der Waals surface area (Å²) in [6, 6.07) is 14.3. The Balaban J connectivity index is 0.00000312. The minimum atomic E-state index is 0. The fourth-order valence-electron chi connectivity index (χ4n) is 2.74. The first-order valence-electron chi connectivity index (χ1n) is 8.73. The Labute approximate surface area is 158 Å². The lowest BCUT2D eigenvalue weighted by atomic mass is 10.00. The standard InChI is InChI=1S/C21H29NO2.ClH/c1-5-22(15-18-9-7-6-8-10-18)11-12-24-21-13-17(4)20(23)14-19(21)16(2)3;/h6-10,13-14,16,23H,5,11-12,15H2,1-4H3;1H. The monoisotopic (exact) mass is 363 g/mol. The van der Waals surface area contributed by atoms with Crippen molar-refractivity contribution in [3.8, 4) is 11.5 Å². The third kappa shape index (κ3) is 6.26. The molecule has 0 aliphatic rings. The highest BCUT2D eigenvalue weighted by molar-refractivity contribution is 5.85. The summed E-state index contributed by atoms with van der Waals surface area (Å²) in [4.78, 5) is 2.37. The largest absolute Gasteiger partial charge is 0.508 e. The van der Waals surface area contributed by atoms with Gasteiger partial charge in [-0.2, -0.15) is 0 Å². The number of nitrogens with zero attached hydrogens (tertiary/aromatic N) is 1. The van der Waals surface area contributed by atoms with Gasteiger partial charge in [-0.15, -0.1) is 12.4 Å². The molecule has 138 valence electrons. The van der Waals surface area contributed by atoms with Crippen LogP contribution < -0.4 is 4.74 Å². The number of hydrogen-bond acceptors (Lipinski definition) is 3. The third-order valence-electron chi connectivity index (χ3n) is 4.31. The maximum Gasteiger partial charge on any atom is 0.123 e. The van der Waals surface area contributed by atoms with Crippen LogP contribution in [0.3, 0.4) is 0 Å². The molecule has 3 nitrogen and oxygen atoms in total. The third-order valence-corrected chi connectivity index (χ3v) is 4.31. The molecule has 0 bridgehead atoms. The van der Waals surface area contributed by atoms with E-state index < -0.39 is 0 Å². The smallest absolute Gasteiger partial charge is 0.123 e. The van der Waals surface area contributed by atoms with Crippen LogP contribution in [0, 0.1) is 6.92 Å². The number of ether oxygens (including phenoxy) is 1. The molecule has 0 aromatic heterocycles. The van der Waals surface area contributed by atoms with Gasteiger partial charge in [-0.3, -0.25) is 4.90 Å². The van der Waals surface area contributed by atoms with E-state index in [9.17, 15) is 5.11 Å². The Kier molecular flexibility index (Phi) is 8.81. The number of aromatic hydroxyl groups is 1. The molecule has 0 aliphatic carbocycles. The summed E-state index contributed by atoms with van der Waals surface area (Å²) in [6.45, 7) is 11.8. The van der Waals surface area contributed by atoms with E-state index >= 15 is 0 Å². The summed E-state index contributed by atoms with van der Waals surface area (Å²) in [5.74, 6) is 1.54. The number of likely N-dealkylation sites (N-methyl/N-ethyl adjacent to an activating group) is 1. The number of phenols is 1.